The molecule has 2 N–H and O–H groups in total. The molecule has 1 aliphatic rings. The van der Waals surface area contributed by atoms with Crippen molar-refractivity contribution in [2.45, 2.75) is 28.8 Å². The zero-order chi connectivity index (χ0) is 17.2. The van der Waals surface area contributed by atoms with E-state index in [1.54, 1.807) is 23.1 Å². The Hall–Kier alpha value is -1.76. The van der Waals surface area contributed by atoms with Gasteiger partial charge in [-0.2, -0.15) is 0 Å². The third-order valence-corrected chi connectivity index (χ3v) is 6.65. The van der Waals surface area contributed by atoms with Crippen LogP contribution in [0.15, 0.2) is 50.4 Å². The predicted molar refractivity (Wildman–Crippen MR) is 103 cm³/mol. The fourth-order valence-corrected chi connectivity index (χ4v) is 5.05. The Balaban J connectivity index is 1.67. The minimum Gasteiger partial charge on any atom is -0.451 e. The zero-order valence-corrected chi connectivity index (χ0v) is 15.4. The maximum Gasteiger partial charge on any atom is 0.289 e. The molecule has 0 aliphatic carbocycles. The number of piperidine rings is 1. The number of para-hydroxylation sites is 1. The van der Waals surface area contributed by atoms with Gasteiger partial charge in [0, 0.05) is 35.8 Å². The number of likely N-dealkylation sites (tertiary alicyclic amines) is 1. The van der Waals surface area contributed by atoms with Crippen molar-refractivity contribution in [3.63, 3.8) is 0 Å². The number of hydrogen-bond donors (Lipinski definition) is 1. The van der Waals surface area contributed by atoms with Crippen LogP contribution in [-0.4, -0.2) is 29.9 Å². The van der Waals surface area contributed by atoms with Gasteiger partial charge in [0.05, 0.1) is 4.21 Å². The van der Waals surface area contributed by atoms with Crippen molar-refractivity contribution in [1.29, 1.82) is 0 Å². The normalized spacial score (nSPS) is 18.0. The Bertz CT molecular complexity index is 873. The highest BCUT2D eigenvalue weighted by atomic mass is 32.2. The Morgan fingerprint density at radius 1 is 1.32 bits per heavy atom. The lowest BCUT2D eigenvalue weighted by Gasteiger charge is -2.30. The van der Waals surface area contributed by atoms with E-state index >= 15 is 0 Å². The van der Waals surface area contributed by atoms with Crippen LogP contribution in [0.4, 0.5) is 0 Å². The van der Waals surface area contributed by atoms with Crippen molar-refractivity contribution in [2.75, 3.05) is 13.1 Å². The molecule has 6 heteroatoms. The van der Waals surface area contributed by atoms with Crippen molar-refractivity contribution >= 4 is 40.0 Å². The van der Waals surface area contributed by atoms with Crippen LogP contribution in [-0.2, 0) is 5.75 Å². The lowest BCUT2D eigenvalue weighted by molar-refractivity contribution is 0.0678. The van der Waals surface area contributed by atoms with Gasteiger partial charge in [-0.1, -0.05) is 24.3 Å². The number of amides is 1. The second-order valence-corrected chi connectivity index (χ2v) is 8.50. The minimum atomic E-state index is -0.0341. The van der Waals surface area contributed by atoms with E-state index < -0.39 is 0 Å². The van der Waals surface area contributed by atoms with Gasteiger partial charge in [-0.05, 0) is 30.4 Å². The second kappa shape index (κ2) is 7.23. The van der Waals surface area contributed by atoms with E-state index in [2.05, 4.69) is 11.4 Å². The summed E-state index contributed by atoms with van der Waals surface area (Å²) in [6.45, 7) is 1.36. The third kappa shape index (κ3) is 3.47. The van der Waals surface area contributed by atoms with Crippen molar-refractivity contribution in [3.8, 4) is 0 Å². The van der Waals surface area contributed by atoms with Gasteiger partial charge in [0.25, 0.3) is 5.91 Å². The molecule has 2 aromatic heterocycles. The molecule has 4 nitrogen and oxygen atoms in total. The maximum absolute atomic E-state index is 13.1. The van der Waals surface area contributed by atoms with Crippen LogP contribution < -0.4 is 5.73 Å². The summed E-state index contributed by atoms with van der Waals surface area (Å²) >= 11 is 3.45. The molecule has 1 atom stereocenters. The molecule has 1 aromatic carbocycles. The average Bonchev–Trinajstić information content (AvgIpc) is 3.27. The number of furan rings is 1. The summed E-state index contributed by atoms with van der Waals surface area (Å²) in [7, 11) is 0. The van der Waals surface area contributed by atoms with Crippen LogP contribution in [0.2, 0.25) is 0 Å². The number of fused-ring (bicyclic) bond motifs is 1. The molecule has 1 fully saturated rings. The highest BCUT2D eigenvalue weighted by molar-refractivity contribution is 8.00. The topological polar surface area (TPSA) is 59.5 Å². The van der Waals surface area contributed by atoms with Crippen molar-refractivity contribution in [3.05, 3.63) is 53.1 Å². The van der Waals surface area contributed by atoms with Crippen LogP contribution >= 0.6 is 23.1 Å². The molecule has 25 heavy (non-hydrogen) atoms. The molecule has 4 rings (SSSR count). The molecular weight excluding hydrogens is 352 g/mol. The molecule has 3 aromatic rings. The van der Waals surface area contributed by atoms with Gasteiger partial charge in [0.2, 0.25) is 0 Å². The quantitative estimate of drug-likeness (QED) is 0.692. The number of thiophene rings is 1. The fourth-order valence-electron chi connectivity index (χ4n) is 3.24. The smallest absolute Gasteiger partial charge is 0.289 e. The monoisotopic (exact) mass is 372 g/mol. The second-order valence-electron chi connectivity index (χ2n) is 6.28. The van der Waals surface area contributed by atoms with Gasteiger partial charge in [-0.15, -0.1) is 23.1 Å². The standard InChI is InChI=1S/C19H20N2O2S2/c20-13-5-3-9-21(11-13)19(22)18-15(12-25-17-8-4-10-24-17)14-6-1-2-7-16(14)23-18/h1-2,4,6-8,10,13H,3,5,9,11-12,20H2. The van der Waals surface area contributed by atoms with Gasteiger partial charge in [0.15, 0.2) is 5.76 Å². The molecule has 0 saturated carbocycles. The lowest BCUT2D eigenvalue weighted by Crippen LogP contribution is -2.45. The number of nitrogens with zero attached hydrogens (tertiary/aromatic N) is 1. The van der Waals surface area contributed by atoms with Gasteiger partial charge in [0.1, 0.15) is 5.58 Å². The summed E-state index contributed by atoms with van der Waals surface area (Å²) < 4.78 is 7.22. The number of benzene rings is 1. The Kier molecular flexibility index (Phi) is 4.83. The molecule has 0 bridgehead atoms. The average molecular weight is 373 g/mol. The number of hydrogen-bond acceptors (Lipinski definition) is 5. The van der Waals surface area contributed by atoms with E-state index in [-0.39, 0.29) is 11.9 Å². The Morgan fingerprint density at radius 2 is 2.20 bits per heavy atom. The number of nitrogens with two attached hydrogens (primary N) is 1. The molecular formula is C19H20N2O2S2. The summed E-state index contributed by atoms with van der Waals surface area (Å²) in [5.41, 5.74) is 7.81. The summed E-state index contributed by atoms with van der Waals surface area (Å²) in [5.74, 6) is 1.16. The van der Waals surface area contributed by atoms with Gasteiger partial charge >= 0.3 is 0 Å². The van der Waals surface area contributed by atoms with E-state index in [1.165, 1.54) is 4.21 Å². The van der Waals surface area contributed by atoms with Crippen molar-refractivity contribution in [1.82, 2.24) is 4.90 Å². The summed E-state index contributed by atoms with van der Waals surface area (Å²) in [4.78, 5) is 14.9. The Morgan fingerprint density at radius 3 is 3.00 bits per heavy atom. The molecule has 1 aliphatic heterocycles. The van der Waals surface area contributed by atoms with E-state index in [9.17, 15) is 4.79 Å². The third-order valence-electron chi connectivity index (χ3n) is 4.49. The molecule has 1 unspecified atom stereocenters. The first-order valence-electron chi connectivity index (χ1n) is 8.44. The van der Waals surface area contributed by atoms with Gasteiger partial charge in [-0.3, -0.25) is 4.79 Å². The number of rotatable bonds is 4. The van der Waals surface area contributed by atoms with Crippen LogP contribution in [0.5, 0.6) is 0 Å². The molecule has 1 amide bonds. The van der Waals surface area contributed by atoms with Crippen molar-refractivity contribution < 1.29 is 9.21 Å². The number of thioether (sulfide) groups is 1. The van der Waals surface area contributed by atoms with Crippen LogP contribution in [0.3, 0.4) is 0 Å². The van der Waals surface area contributed by atoms with Crippen LogP contribution in [0.25, 0.3) is 11.0 Å². The molecule has 0 spiro atoms. The summed E-state index contributed by atoms with van der Waals surface area (Å²) in [6.07, 6.45) is 1.93. The summed E-state index contributed by atoms with van der Waals surface area (Å²) in [5, 5.41) is 3.09. The van der Waals surface area contributed by atoms with E-state index in [1.807, 2.05) is 35.2 Å². The van der Waals surface area contributed by atoms with Crippen molar-refractivity contribution in [2.24, 2.45) is 5.73 Å². The lowest BCUT2D eigenvalue weighted by atomic mass is 10.1. The summed E-state index contributed by atoms with van der Waals surface area (Å²) in [6, 6.07) is 12.1. The van der Waals surface area contributed by atoms with Crippen LogP contribution in [0, 0.1) is 0 Å². The minimum absolute atomic E-state index is 0.0341. The van der Waals surface area contributed by atoms with E-state index in [0.29, 0.717) is 12.3 Å². The van der Waals surface area contributed by atoms with E-state index in [0.717, 1.165) is 41.7 Å². The molecule has 130 valence electrons. The SMILES string of the molecule is NC1CCCN(C(=O)c2oc3ccccc3c2CSc2cccs2)C1. The van der Waals surface area contributed by atoms with Gasteiger partial charge < -0.3 is 15.1 Å². The number of carbonyl (C=O) groups is 1. The molecule has 0 radical (unpaired) electrons. The van der Waals surface area contributed by atoms with Gasteiger partial charge in [-0.25, -0.2) is 0 Å². The maximum atomic E-state index is 13.1. The zero-order valence-electron chi connectivity index (χ0n) is 13.8. The van der Waals surface area contributed by atoms with E-state index in [4.69, 9.17) is 10.2 Å². The largest absolute Gasteiger partial charge is 0.451 e. The highest BCUT2D eigenvalue weighted by Crippen LogP contribution is 2.34. The Labute approximate surface area is 155 Å². The first-order valence-corrected chi connectivity index (χ1v) is 10.3. The predicted octanol–water partition coefficient (Wildman–Crippen LogP) is 4.35. The molecule has 3 heterocycles. The molecule has 1 saturated heterocycles. The van der Waals surface area contributed by atoms with Crippen LogP contribution in [0.1, 0.15) is 29.0 Å². The fraction of sp³-hybridized carbons (Fsp3) is 0.316. The number of carbonyl (C=O) groups excluding carboxylic acids is 1. The first kappa shape index (κ1) is 16.7. The first-order chi connectivity index (χ1) is 12.2. The highest BCUT2D eigenvalue weighted by Gasteiger charge is 2.28.